The van der Waals surface area contributed by atoms with Gasteiger partial charge in [-0.3, -0.25) is 0 Å². The first-order chi connectivity index (χ1) is 10.9. The van der Waals surface area contributed by atoms with Gasteiger partial charge in [-0.1, -0.05) is 18.2 Å². The summed E-state index contributed by atoms with van der Waals surface area (Å²) in [6, 6.07) is 9.51. The van der Waals surface area contributed by atoms with Crippen LogP contribution < -0.4 is 10.5 Å². The number of para-hydroxylation sites is 1. The fourth-order valence-electron chi connectivity index (χ4n) is 3.24. The van der Waals surface area contributed by atoms with Gasteiger partial charge in [-0.2, -0.15) is 5.10 Å². The Labute approximate surface area is 136 Å². The summed E-state index contributed by atoms with van der Waals surface area (Å²) in [5, 5.41) is 4.41. The average molecular weight is 334 g/mol. The van der Waals surface area contributed by atoms with Crippen molar-refractivity contribution in [3.8, 4) is 5.69 Å². The van der Waals surface area contributed by atoms with E-state index in [1.807, 2.05) is 30.3 Å². The minimum atomic E-state index is -3.60. The van der Waals surface area contributed by atoms with E-state index in [0.717, 1.165) is 18.5 Å². The SMILES string of the molecule is Cc1nn(-c2ccccc2)c(C)c1S(=O)(=O)N[C@@H]1CC[C@@H](N)C1. The lowest BCUT2D eigenvalue weighted by Gasteiger charge is -2.13. The van der Waals surface area contributed by atoms with Gasteiger partial charge in [0.15, 0.2) is 0 Å². The maximum Gasteiger partial charge on any atom is 0.244 e. The van der Waals surface area contributed by atoms with Crippen LogP contribution in [0.5, 0.6) is 0 Å². The highest BCUT2D eigenvalue weighted by atomic mass is 32.2. The summed E-state index contributed by atoms with van der Waals surface area (Å²) < 4.78 is 30.0. The number of aryl methyl sites for hydroxylation is 1. The molecule has 1 heterocycles. The molecule has 0 spiro atoms. The largest absolute Gasteiger partial charge is 0.328 e. The monoisotopic (exact) mass is 334 g/mol. The van der Waals surface area contributed by atoms with Crippen molar-refractivity contribution >= 4 is 10.0 Å². The molecule has 1 aromatic carbocycles. The minimum absolute atomic E-state index is 0.0805. The third-order valence-electron chi connectivity index (χ3n) is 4.29. The van der Waals surface area contributed by atoms with Crippen LogP contribution in [-0.2, 0) is 10.0 Å². The first kappa shape index (κ1) is 16.2. The highest BCUT2D eigenvalue weighted by Gasteiger charge is 2.30. The minimum Gasteiger partial charge on any atom is -0.328 e. The molecule has 7 heteroatoms. The van der Waals surface area contributed by atoms with Gasteiger partial charge in [-0.25, -0.2) is 17.8 Å². The molecule has 6 nitrogen and oxygen atoms in total. The maximum absolute atomic E-state index is 12.8. The zero-order chi connectivity index (χ0) is 16.6. The van der Waals surface area contributed by atoms with Gasteiger partial charge in [-0.15, -0.1) is 0 Å². The van der Waals surface area contributed by atoms with Crippen LogP contribution in [0.3, 0.4) is 0 Å². The van der Waals surface area contributed by atoms with E-state index in [4.69, 9.17) is 5.73 Å². The van der Waals surface area contributed by atoms with Crippen LogP contribution in [0.1, 0.15) is 30.7 Å². The highest BCUT2D eigenvalue weighted by molar-refractivity contribution is 7.89. The van der Waals surface area contributed by atoms with E-state index < -0.39 is 10.0 Å². The van der Waals surface area contributed by atoms with E-state index in [2.05, 4.69) is 9.82 Å². The summed E-state index contributed by atoms with van der Waals surface area (Å²) in [6.45, 7) is 3.50. The van der Waals surface area contributed by atoms with Gasteiger partial charge in [0.05, 0.1) is 17.1 Å². The smallest absolute Gasteiger partial charge is 0.244 e. The van der Waals surface area contributed by atoms with E-state index in [1.165, 1.54) is 0 Å². The molecule has 3 N–H and O–H groups in total. The Morgan fingerprint density at radius 1 is 1.22 bits per heavy atom. The van der Waals surface area contributed by atoms with Crippen molar-refractivity contribution in [3.63, 3.8) is 0 Å². The Morgan fingerprint density at radius 3 is 2.52 bits per heavy atom. The predicted octanol–water partition coefficient (Wildman–Crippen LogP) is 1.65. The number of nitrogens with zero attached hydrogens (tertiary/aromatic N) is 2. The van der Waals surface area contributed by atoms with Crippen molar-refractivity contribution < 1.29 is 8.42 Å². The van der Waals surface area contributed by atoms with E-state index in [9.17, 15) is 8.42 Å². The molecule has 2 atom stereocenters. The fraction of sp³-hybridized carbons (Fsp3) is 0.438. The van der Waals surface area contributed by atoms with Crippen LogP contribution >= 0.6 is 0 Å². The van der Waals surface area contributed by atoms with E-state index in [0.29, 0.717) is 17.8 Å². The van der Waals surface area contributed by atoms with Gasteiger partial charge in [0.25, 0.3) is 0 Å². The third-order valence-corrected chi connectivity index (χ3v) is 6.06. The number of nitrogens with one attached hydrogen (secondary N) is 1. The second-order valence-corrected chi connectivity index (χ2v) is 7.79. The lowest BCUT2D eigenvalue weighted by molar-refractivity contribution is 0.547. The molecule has 0 unspecified atom stereocenters. The number of rotatable bonds is 4. The van der Waals surface area contributed by atoms with Crippen LogP contribution in [0.25, 0.3) is 5.69 Å². The van der Waals surface area contributed by atoms with Crippen LogP contribution in [-0.4, -0.2) is 30.3 Å². The summed E-state index contributed by atoms with van der Waals surface area (Å²) >= 11 is 0. The summed E-state index contributed by atoms with van der Waals surface area (Å²) in [5.41, 5.74) is 7.83. The first-order valence-electron chi connectivity index (χ1n) is 7.78. The Morgan fingerprint density at radius 2 is 1.91 bits per heavy atom. The van der Waals surface area contributed by atoms with Gasteiger partial charge in [0.2, 0.25) is 10.0 Å². The third kappa shape index (κ3) is 3.17. The number of nitrogens with two attached hydrogens (primary N) is 1. The molecule has 0 saturated heterocycles. The quantitative estimate of drug-likeness (QED) is 0.889. The van der Waals surface area contributed by atoms with E-state index in [-0.39, 0.29) is 17.0 Å². The molecule has 0 aliphatic heterocycles. The molecule has 1 aromatic heterocycles. The second kappa shape index (κ2) is 6.07. The molecule has 2 aromatic rings. The van der Waals surface area contributed by atoms with Gasteiger partial charge >= 0.3 is 0 Å². The van der Waals surface area contributed by atoms with Crippen LogP contribution in [0, 0.1) is 13.8 Å². The first-order valence-corrected chi connectivity index (χ1v) is 9.26. The van der Waals surface area contributed by atoms with Crippen molar-refractivity contribution in [2.45, 2.75) is 50.1 Å². The lowest BCUT2D eigenvalue weighted by atomic mass is 10.2. The molecule has 124 valence electrons. The zero-order valence-electron chi connectivity index (χ0n) is 13.4. The van der Waals surface area contributed by atoms with Crippen LogP contribution in [0.4, 0.5) is 0 Å². The number of sulfonamides is 1. The number of benzene rings is 1. The standard InChI is InChI=1S/C16H22N4O2S/c1-11-16(23(21,22)19-14-9-8-13(17)10-14)12(2)20(18-11)15-6-4-3-5-7-15/h3-7,13-14,19H,8-10,17H2,1-2H3/t13-,14-/m1/s1. The summed E-state index contributed by atoms with van der Waals surface area (Å²) in [7, 11) is -3.60. The average Bonchev–Trinajstić information content (AvgIpc) is 3.02. The summed E-state index contributed by atoms with van der Waals surface area (Å²) in [5.74, 6) is 0. The molecule has 1 fully saturated rings. The fourth-order valence-corrected chi connectivity index (χ4v) is 4.92. The molecular formula is C16H22N4O2S. The lowest BCUT2D eigenvalue weighted by Crippen LogP contribution is -2.34. The molecule has 0 amide bonds. The Balaban J connectivity index is 1.95. The van der Waals surface area contributed by atoms with Crippen LogP contribution in [0.2, 0.25) is 0 Å². The maximum atomic E-state index is 12.8. The van der Waals surface area contributed by atoms with Crippen molar-refractivity contribution in [1.29, 1.82) is 0 Å². The van der Waals surface area contributed by atoms with Crippen LogP contribution in [0.15, 0.2) is 35.2 Å². The Kier molecular flexibility index (Phi) is 4.27. The summed E-state index contributed by atoms with van der Waals surface area (Å²) in [4.78, 5) is 0.266. The zero-order valence-corrected chi connectivity index (χ0v) is 14.2. The topological polar surface area (TPSA) is 90.0 Å². The van der Waals surface area contributed by atoms with E-state index >= 15 is 0 Å². The normalized spacial score (nSPS) is 21.7. The highest BCUT2D eigenvalue weighted by Crippen LogP contribution is 2.25. The molecule has 1 aliphatic rings. The van der Waals surface area contributed by atoms with Crippen molar-refractivity contribution in [2.75, 3.05) is 0 Å². The predicted molar refractivity (Wildman–Crippen MR) is 89.0 cm³/mol. The molecule has 0 bridgehead atoms. The second-order valence-electron chi connectivity index (χ2n) is 6.14. The Bertz CT molecular complexity index is 799. The Hall–Kier alpha value is -1.70. The molecule has 0 radical (unpaired) electrons. The number of aromatic nitrogens is 2. The molecule has 23 heavy (non-hydrogen) atoms. The van der Waals surface area contributed by atoms with Gasteiger partial charge in [0.1, 0.15) is 4.90 Å². The van der Waals surface area contributed by atoms with Gasteiger partial charge < -0.3 is 5.73 Å². The summed E-state index contributed by atoms with van der Waals surface area (Å²) in [6.07, 6.45) is 2.32. The number of hydrogen-bond acceptors (Lipinski definition) is 4. The molecule has 1 saturated carbocycles. The van der Waals surface area contributed by atoms with E-state index in [1.54, 1.807) is 18.5 Å². The van der Waals surface area contributed by atoms with Crippen molar-refractivity contribution in [1.82, 2.24) is 14.5 Å². The van der Waals surface area contributed by atoms with Crippen molar-refractivity contribution in [3.05, 3.63) is 41.7 Å². The van der Waals surface area contributed by atoms with Crippen molar-refractivity contribution in [2.24, 2.45) is 5.73 Å². The molecule has 3 rings (SSSR count). The number of hydrogen-bond donors (Lipinski definition) is 2. The van der Waals surface area contributed by atoms with Gasteiger partial charge in [-0.05, 0) is 45.2 Å². The van der Waals surface area contributed by atoms with Gasteiger partial charge in [0, 0.05) is 12.1 Å². The molecular weight excluding hydrogens is 312 g/mol. The molecule has 1 aliphatic carbocycles.